The Labute approximate surface area is 146 Å². The molecular weight excluding hydrogens is 310 g/mol. The Morgan fingerprint density at radius 3 is 2.64 bits per heavy atom. The highest BCUT2D eigenvalue weighted by atomic mass is 16.3. The van der Waals surface area contributed by atoms with Gasteiger partial charge in [0.1, 0.15) is 5.58 Å². The maximum Gasteiger partial charge on any atom is 0.291 e. The largest absolute Gasteiger partial charge is 0.451 e. The highest BCUT2D eigenvalue weighted by molar-refractivity contribution is 6.10. The standard InChI is InChI=1S/C22H19NO2/c1-3-15-11-12-20-18(13-15)14(2)21(25-20)22(24)23-19-10-6-8-16-7-4-5-9-17(16)19/h4-13H,3H2,1-2H3,(H,23,24). The highest BCUT2D eigenvalue weighted by Gasteiger charge is 2.18. The second-order valence-corrected chi connectivity index (χ2v) is 6.22. The molecule has 0 spiro atoms. The van der Waals surface area contributed by atoms with Gasteiger partial charge in [0.05, 0.1) is 0 Å². The van der Waals surface area contributed by atoms with Crippen molar-refractivity contribution in [1.29, 1.82) is 0 Å². The maximum absolute atomic E-state index is 12.8. The van der Waals surface area contributed by atoms with Crippen LogP contribution in [0, 0.1) is 6.92 Å². The van der Waals surface area contributed by atoms with Crippen molar-refractivity contribution in [3.63, 3.8) is 0 Å². The van der Waals surface area contributed by atoms with Gasteiger partial charge in [0.2, 0.25) is 0 Å². The number of aryl methyl sites for hydroxylation is 2. The van der Waals surface area contributed by atoms with E-state index in [0.29, 0.717) is 5.76 Å². The molecule has 3 aromatic carbocycles. The molecule has 124 valence electrons. The fraction of sp³-hybridized carbons (Fsp3) is 0.136. The van der Waals surface area contributed by atoms with Gasteiger partial charge < -0.3 is 9.73 Å². The van der Waals surface area contributed by atoms with E-state index in [1.807, 2.05) is 61.5 Å². The number of benzene rings is 3. The predicted molar refractivity (Wildman–Crippen MR) is 102 cm³/mol. The van der Waals surface area contributed by atoms with Crippen LogP contribution in [0.4, 0.5) is 5.69 Å². The SMILES string of the molecule is CCc1ccc2oc(C(=O)Nc3cccc4ccccc34)c(C)c2c1. The van der Waals surface area contributed by atoms with E-state index < -0.39 is 0 Å². The average molecular weight is 329 g/mol. The molecule has 4 aromatic rings. The molecule has 0 aliphatic carbocycles. The molecule has 25 heavy (non-hydrogen) atoms. The van der Waals surface area contributed by atoms with E-state index in [9.17, 15) is 4.79 Å². The van der Waals surface area contributed by atoms with Crippen molar-refractivity contribution in [3.8, 4) is 0 Å². The first-order valence-corrected chi connectivity index (χ1v) is 8.48. The third-order valence-electron chi connectivity index (χ3n) is 4.65. The van der Waals surface area contributed by atoms with E-state index in [4.69, 9.17) is 4.42 Å². The summed E-state index contributed by atoms with van der Waals surface area (Å²) in [6.45, 7) is 4.05. The lowest BCUT2D eigenvalue weighted by atomic mass is 10.1. The predicted octanol–water partition coefficient (Wildman–Crippen LogP) is 5.71. The zero-order chi connectivity index (χ0) is 17.4. The Morgan fingerprint density at radius 1 is 1.00 bits per heavy atom. The van der Waals surface area contributed by atoms with Crippen LogP contribution in [-0.4, -0.2) is 5.91 Å². The van der Waals surface area contributed by atoms with Gasteiger partial charge in [-0.2, -0.15) is 0 Å². The summed E-state index contributed by atoms with van der Waals surface area (Å²) in [5, 5.41) is 6.11. The van der Waals surface area contributed by atoms with Gasteiger partial charge in [0.25, 0.3) is 5.91 Å². The van der Waals surface area contributed by atoms with Crippen LogP contribution in [0.5, 0.6) is 0 Å². The molecule has 1 N–H and O–H groups in total. The molecule has 0 saturated carbocycles. The summed E-state index contributed by atoms with van der Waals surface area (Å²) < 4.78 is 5.83. The van der Waals surface area contributed by atoms with Crippen LogP contribution >= 0.6 is 0 Å². The summed E-state index contributed by atoms with van der Waals surface area (Å²) >= 11 is 0. The fourth-order valence-electron chi connectivity index (χ4n) is 3.22. The van der Waals surface area contributed by atoms with E-state index >= 15 is 0 Å². The van der Waals surface area contributed by atoms with Crippen molar-refractivity contribution < 1.29 is 9.21 Å². The summed E-state index contributed by atoms with van der Waals surface area (Å²) in [5.41, 5.74) is 3.65. The molecule has 0 atom stereocenters. The molecule has 0 bridgehead atoms. The molecule has 1 amide bonds. The van der Waals surface area contributed by atoms with Gasteiger partial charge in [-0.1, -0.05) is 49.4 Å². The third-order valence-corrected chi connectivity index (χ3v) is 4.65. The van der Waals surface area contributed by atoms with Crippen molar-refractivity contribution >= 4 is 33.3 Å². The number of rotatable bonds is 3. The molecule has 0 aliphatic heterocycles. The summed E-state index contributed by atoms with van der Waals surface area (Å²) in [7, 11) is 0. The van der Waals surface area contributed by atoms with Gasteiger partial charge in [0, 0.05) is 22.0 Å². The normalized spacial score (nSPS) is 11.1. The van der Waals surface area contributed by atoms with Gasteiger partial charge in [-0.3, -0.25) is 4.79 Å². The fourth-order valence-corrected chi connectivity index (χ4v) is 3.22. The quantitative estimate of drug-likeness (QED) is 0.523. The molecule has 1 heterocycles. The molecule has 4 rings (SSSR count). The molecule has 0 fully saturated rings. The van der Waals surface area contributed by atoms with Gasteiger partial charge >= 0.3 is 0 Å². The number of amides is 1. The molecule has 0 unspecified atom stereocenters. The first kappa shape index (κ1) is 15.5. The number of anilines is 1. The van der Waals surface area contributed by atoms with E-state index in [1.165, 1.54) is 5.56 Å². The summed E-state index contributed by atoms with van der Waals surface area (Å²) in [6.07, 6.45) is 0.956. The zero-order valence-corrected chi connectivity index (χ0v) is 14.3. The number of nitrogens with one attached hydrogen (secondary N) is 1. The number of carbonyl (C=O) groups is 1. The van der Waals surface area contributed by atoms with Crippen molar-refractivity contribution in [3.05, 3.63) is 77.6 Å². The first-order chi connectivity index (χ1) is 12.2. The van der Waals surface area contributed by atoms with Crippen LogP contribution in [0.2, 0.25) is 0 Å². The molecule has 3 nitrogen and oxygen atoms in total. The van der Waals surface area contributed by atoms with E-state index in [1.54, 1.807) is 0 Å². The molecule has 1 aromatic heterocycles. The molecule has 3 heteroatoms. The van der Waals surface area contributed by atoms with Crippen molar-refractivity contribution in [2.75, 3.05) is 5.32 Å². The van der Waals surface area contributed by atoms with Crippen LogP contribution in [-0.2, 0) is 6.42 Å². The average Bonchev–Trinajstić information content (AvgIpc) is 2.98. The van der Waals surface area contributed by atoms with E-state index in [-0.39, 0.29) is 5.91 Å². The Morgan fingerprint density at radius 2 is 1.80 bits per heavy atom. The smallest absolute Gasteiger partial charge is 0.291 e. The topological polar surface area (TPSA) is 42.2 Å². The van der Waals surface area contributed by atoms with Crippen LogP contribution < -0.4 is 5.32 Å². The maximum atomic E-state index is 12.8. The minimum absolute atomic E-state index is 0.219. The lowest BCUT2D eigenvalue weighted by Crippen LogP contribution is -2.12. The number of furan rings is 1. The van der Waals surface area contributed by atoms with Crippen molar-refractivity contribution in [1.82, 2.24) is 0 Å². The van der Waals surface area contributed by atoms with Crippen LogP contribution in [0.1, 0.15) is 28.6 Å². The van der Waals surface area contributed by atoms with E-state index in [0.717, 1.165) is 39.4 Å². The Hall–Kier alpha value is -3.07. The Bertz CT molecular complexity index is 1090. The molecule has 0 aliphatic rings. The number of hydrogen-bond donors (Lipinski definition) is 1. The minimum Gasteiger partial charge on any atom is -0.451 e. The third kappa shape index (κ3) is 2.68. The molecule has 0 saturated heterocycles. The first-order valence-electron chi connectivity index (χ1n) is 8.48. The van der Waals surface area contributed by atoms with Gasteiger partial charge in [-0.15, -0.1) is 0 Å². The van der Waals surface area contributed by atoms with Crippen LogP contribution in [0.25, 0.3) is 21.7 Å². The molecule has 0 radical (unpaired) electrons. The Kier molecular flexibility index (Phi) is 3.77. The van der Waals surface area contributed by atoms with Gasteiger partial charge in [-0.05, 0) is 42.5 Å². The van der Waals surface area contributed by atoms with Gasteiger partial charge in [-0.25, -0.2) is 0 Å². The summed E-state index contributed by atoms with van der Waals surface area (Å²) in [4.78, 5) is 12.8. The van der Waals surface area contributed by atoms with Crippen molar-refractivity contribution in [2.45, 2.75) is 20.3 Å². The van der Waals surface area contributed by atoms with E-state index in [2.05, 4.69) is 18.3 Å². The highest BCUT2D eigenvalue weighted by Crippen LogP contribution is 2.28. The lowest BCUT2D eigenvalue weighted by Gasteiger charge is -2.07. The second kappa shape index (κ2) is 6.10. The second-order valence-electron chi connectivity index (χ2n) is 6.22. The number of hydrogen-bond acceptors (Lipinski definition) is 2. The zero-order valence-electron chi connectivity index (χ0n) is 14.3. The number of carbonyl (C=O) groups excluding carboxylic acids is 1. The van der Waals surface area contributed by atoms with Crippen LogP contribution in [0.3, 0.4) is 0 Å². The van der Waals surface area contributed by atoms with Crippen molar-refractivity contribution in [2.24, 2.45) is 0 Å². The summed E-state index contributed by atoms with van der Waals surface area (Å²) in [6, 6.07) is 20.0. The minimum atomic E-state index is -0.219. The monoisotopic (exact) mass is 329 g/mol. The van der Waals surface area contributed by atoms with Gasteiger partial charge in [0.15, 0.2) is 5.76 Å². The Balaban J connectivity index is 1.73. The number of fused-ring (bicyclic) bond motifs is 2. The lowest BCUT2D eigenvalue weighted by molar-refractivity contribution is 0.0998. The summed E-state index contributed by atoms with van der Waals surface area (Å²) in [5.74, 6) is 0.152. The van der Waals surface area contributed by atoms with Crippen LogP contribution in [0.15, 0.2) is 65.1 Å². The molecular formula is C22H19NO2.